The predicted octanol–water partition coefficient (Wildman–Crippen LogP) is 7.86. The average Bonchev–Trinajstić information content (AvgIpc) is 2.52. The van der Waals surface area contributed by atoms with Crippen molar-refractivity contribution in [3.63, 3.8) is 0 Å². The van der Waals surface area contributed by atoms with Crippen molar-refractivity contribution >= 4 is 0 Å². The summed E-state index contributed by atoms with van der Waals surface area (Å²) >= 11 is 0. The Labute approximate surface area is 131 Å². The third kappa shape index (κ3) is 9.03. The molecule has 0 unspecified atom stereocenters. The van der Waals surface area contributed by atoms with E-state index >= 15 is 0 Å². The average molecular weight is 285 g/mol. The van der Waals surface area contributed by atoms with E-state index < -0.39 is 0 Å². The van der Waals surface area contributed by atoms with Crippen LogP contribution in [0.25, 0.3) is 0 Å². The molecule has 0 radical (unpaired) electrons. The highest BCUT2D eigenvalue weighted by Gasteiger charge is 2.20. The van der Waals surface area contributed by atoms with Crippen molar-refractivity contribution in [1.29, 1.82) is 0 Å². The Balaban J connectivity index is 0. The number of rotatable bonds is 10. The van der Waals surface area contributed by atoms with E-state index in [1.165, 1.54) is 57.8 Å². The maximum absolute atomic E-state index is 2.32. The summed E-state index contributed by atoms with van der Waals surface area (Å²) in [5.41, 5.74) is 0.667. The monoisotopic (exact) mass is 284 g/mol. The van der Waals surface area contributed by atoms with Gasteiger partial charge in [-0.25, -0.2) is 0 Å². The van der Waals surface area contributed by atoms with Crippen molar-refractivity contribution in [1.82, 2.24) is 0 Å². The molecule has 0 rings (SSSR count). The van der Waals surface area contributed by atoms with Gasteiger partial charge in [-0.3, -0.25) is 0 Å². The molecule has 0 amide bonds. The SMILES string of the molecule is CCC(CC)(CC)CC.CCC(CC)CC(CC)CC. The zero-order valence-corrected chi connectivity index (χ0v) is 16.0. The Bertz CT molecular complexity index is 143. The summed E-state index contributed by atoms with van der Waals surface area (Å²) in [6, 6.07) is 0. The van der Waals surface area contributed by atoms with Gasteiger partial charge in [0.25, 0.3) is 0 Å². The molecule has 0 spiro atoms. The van der Waals surface area contributed by atoms with Crippen molar-refractivity contribution in [2.24, 2.45) is 17.3 Å². The largest absolute Gasteiger partial charge is 0.0651 e. The molecule has 0 atom stereocenters. The molecule has 0 fully saturated rings. The molecule has 0 aromatic carbocycles. The molecule has 0 aliphatic carbocycles. The van der Waals surface area contributed by atoms with E-state index in [-0.39, 0.29) is 0 Å². The minimum absolute atomic E-state index is 0.667. The summed E-state index contributed by atoms with van der Waals surface area (Å²) in [7, 11) is 0. The lowest BCUT2D eigenvalue weighted by molar-refractivity contribution is 0.240. The second-order valence-electron chi connectivity index (χ2n) is 6.51. The van der Waals surface area contributed by atoms with Gasteiger partial charge in [-0.1, -0.05) is 107 Å². The second kappa shape index (κ2) is 14.0. The van der Waals surface area contributed by atoms with Gasteiger partial charge in [0.05, 0.1) is 0 Å². The van der Waals surface area contributed by atoms with Crippen molar-refractivity contribution in [3.8, 4) is 0 Å². The predicted molar refractivity (Wildman–Crippen MR) is 96.4 cm³/mol. The molecule has 124 valence electrons. The van der Waals surface area contributed by atoms with Gasteiger partial charge in [-0.05, 0) is 23.7 Å². The first-order valence-corrected chi connectivity index (χ1v) is 9.52. The first-order valence-electron chi connectivity index (χ1n) is 9.52. The van der Waals surface area contributed by atoms with Crippen LogP contribution in [0.5, 0.6) is 0 Å². The van der Waals surface area contributed by atoms with E-state index in [0.29, 0.717) is 5.41 Å². The highest BCUT2D eigenvalue weighted by molar-refractivity contribution is 4.72. The van der Waals surface area contributed by atoms with Crippen molar-refractivity contribution < 1.29 is 0 Å². The lowest BCUT2D eigenvalue weighted by atomic mass is 9.78. The lowest BCUT2D eigenvalue weighted by Gasteiger charge is -2.28. The van der Waals surface area contributed by atoms with Gasteiger partial charge < -0.3 is 0 Å². The maximum Gasteiger partial charge on any atom is -0.0308 e. The van der Waals surface area contributed by atoms with E-state index in [1.54, 1.807) is 0 Å². The standard InChI is InChI=1S/C11H24.C9H20/c1-5-10(6-2)9-11(7-3)8-4;1-5-9(6-2,7-3)8-4/h10-11H,5-9H2,1-4H3;5-8H2,1-4H3. The molecule has 0 aliphatic heterocycles. The third-order valence-corrected chi connectivity index (χ3v) is 5.98. The quantitative estimate of drug-likeness (QED) is 0.383. The molecule has 0 heteroatoms. The molecule has 0 aliphatic rings. The number of hydrogen-bond acceptors (Lipinski definition) is 0. The normalized spacial score (nSPS) is 11.7. The molecule has 20 heavy (non-hydrogen) atoms. The zero-order chi connectivity index (χ0) is 16.0. The molecular weight excluding hydrogens is 240 g/mol. The molecule has 0 bridgehead atoms. The molecule has 0 N–H and O–H groups in total. The van der Waals surface area contributed by atoms with E-state index in [1.807, 2.05) is 0 Å². The molecular formula is C20H44. The van der Waals surface area contributed by atoms with Crippen LogP contribution in [0.3, 0.4) is 0 Å². The Morgan fingerprint density at radius 3 is 0.850 bits per heavy atom. The minimum atomic E-state index is 0.667. The summed E-state index contributed by atoms with van der Waals surface area (Å²) in [5, 5.41) is 0. The van der Waals surface area contributed by atoms with Gasteiger partial charge in [-0.15, -0.1) is 0 Å². The van der Waals surface area contributed by atoms with Crippen LogP contribution in [0.2, 0.25) is 0 Å². The molecule has 0 saturated heterocycles. The van der Waals surface area contributed by atoms with Crippen LogP contribution in [0.15, 0.2) is 0 Å². The van der Waals surface area contributed by atoms with Gasteiger partial charge in [0, 0.05) is 0 Å². The highest BCUT2D eigenvalue weighted by atomic mass is 14.3. The first kappa shape index (κ1) is 22.3. The highest BCUT2D eigenvalue weighted by Crippen LogP contribution is 2.33. The van der Waals surface area contributed by atoms with E-state index in [0.717, 1.165) is 11.8 Å². The molecule has 0 aromatic rings. The van der Waals surface area contributed by atoms with Crippen LogP contribution in [-0.4, -0.2) is 0 Å². The summed E-state index contributed by atoms with van der Waals surface area (Å²) < 4.78 is 0. The van der Waals surface area contributed by atoms with Gasteiger partial charge in [0.2, 0.25) is 0 Å². The van der Waals surface area contributed by atoms with E-state index in [9.17, 15) is 0 Å². The van der Waals surface area contributed by atoms with Crippen LogP contribution in [0.4, 0.5) is 0 Å². The van der Waals surface area contributed by atoms with Crippen LogP contribution in [0.1, 0.15) is 113 Å². The maximum atomic E-state index is 2.32. The summed E-state index contributed by atoms with van der Waals surface area (Å²) in [5.74, 6) is 1.97. The molecule has 0 aromatic heterocycles. The topological polar surface area (TPSA) is 0 Å². The Morgan fingerprint density at radius 2 is 0.750 bits per heavy atom. The van der Waals surface area contributed by atoms with Crippen LogP contribution in [-0.2, 0) is 0 Å². The zero-order valence-electron chi connectivity index (χ0n) is 16.0. The van der Waals surface area contributed by atoms with E-state index in [4.69, 9.17) is 0 Å². The fraction of sp³-hybridized carbons (Fsp3) is 1.00. The summed E-state index contributed by atoms with van der Waals surface area (Å²) in [4.78, 5) is 0. The van der Waals surface area contributed by atoms with Crippen molar-refractivity contribution in [3.05, 3.63) is 0 Å². The summed E-state index contributed by atoms with van der Waals surface area (Å²) in [6.45, 7) is 18.5. The van der Waals surface area contributed by atoms with Crippen LogP contribution in [0, 0.1) is 17.3 Å². The van der Waals surface area contributed by atoms with Gasteiger partial charge in [-0.2, -0.15) is 0 Å². The fourth-order valence-corrected chi connectivity index (χ4v) is 3.22. The second-order valence-corrected chi connectivity index (χ2v) is 6.51. The van der Waals surface area contributed by atoms with Gasteiger partial charge in [0.1, 0.15) is 0 Å². The molecule has 0 nitrogen and oxygen atoms in total. The van der Waals surface area contributed by atoms with E-state index in [2.05, 4.69) is 55.4 Å². The smallest absolute Gasteiger partial charge is 0.0308 e. The fourth-order valence-electron chi connectivity index (χ4n) is 3.22. The third-order valence-electron chi connectivity index (χ3n) is 5.98. The van der Waals surface area contributed by atoms with Crippen LogP contribution >= 0.6 is 0 Å². The Morgan fingerprint density at radius 1 is 0.500 bits per heavy atom. The lowest BCUT2D eigenvalue weighted by Crippen LogP contribution is -2.15. The van der Waals surface area contributed by atoms with Gasteiger partial charge >= 0.3 is 0 Å². The molecule has 0 saturated carbocycles. The number of hydrogen-bond donors (Lipinski definition) is 0. The first-order chi connectivity index (χ1) is 9.52. The van der Waals surface area contributed by atoms with Crippen molar-refractivity contribution in [2.45, 2.75) is 113 Å². The van der Waals surface area contributed by atoms with Crippen LogP contribution < -0.4 is 0 Å². The Kier molecular flexibility index (Phi) is 15.6. The summed E-state index contributed by atoms with van der Waals surface area (Å²) in [6.07, 6.45) is 12.3. The Hall–Kier alpha value is 0. The van der Waals surface area contributed by atoms with Gasteiger partial charge in [0.15, 0.2) is 0 Å². The molecule has 0 heterocycles. The minimum Gasteiger partial charge on any atom is -0.0651 e. The van der Waals surface area contributed by atoms with Crippen molar-refractivity contribution in [2.75, 3.05) is 0 Å².